The van der Waals surface area contributed by atoms with Gasteiger partial charge in [-0.15, -0.1) is 0 Å². The molecule has 0 amide bonds. The van der Waals surface area contributed by atoms with Crippen LogP contribution in [0, 0.1) is 0 Å². The first-order valence-corrected chi connectivity index (χ1v) is 4.75. The Balaban J connectivity index is 2.76. The number of nitrogens with zero attached hydrogens (tertiary/aromatic N) is 1. The molecule has 76 valence electrons. The van der Waals surface area contributed by atoms with Crippen molar-refractivity contribution < 1.29 is 6.85 Å². The van der Waals surface area contributed by atoms with Crippen molar-refractivity contribution in [2.24, 2.45) is 0 Å². The maximum Gasteiger partial charge on any atom is 0.137 e. The fourth-order valence-electron chi connectivity index (χ4n) is 1.45. The van der Waals surface area contributed by atoms with E-state index >= 15 is 0 Å². The van der Waals surface area contributed by atoms with Crippen LogP contribution in [0.3, 0.4) is 0 Å². The van der Waals surface area contributed by atoms with Gasteiger partial charge < -0.3 is 0 Å². The Labute approximate surface area is 98.2 Å². The van der Waals surface area contributed by atoms with E-state index in [1.54, 1.807) is 0 Å². The van der Waals surface area contributed by atoms with Crippen molar-refractivity contribution in [3.8, 4) is 0 Å². The second-order valence-corrected chi connectivity index (χ2v) is 3.76. The van der Waals surface area contributed by atoms with Crippen LogP contribution in [0.4, 0.5) is 11.4 Å². The number of hydrogen-bond acceptors (Lipinski definition) is 0. The standard InChI is InChI=1S/C14H16N/c1-15(2,13-9-5-3-6-10-13)14-11-7-4-8-12-14/h3-12H,1-2H3/q+1/i3T,5T,6T,9T,10T. The highest BCUT2D eigenvalue weighted by Gasteiger charge is 2.20. The largest absolute Gasteiger partial charge is 0.264 e. The van der Waals surface area contributed by atoms with E-state index in [9.17, 15) is 0 Å². The minimum atomic E-state index is -0.364. The number of benzene rings is 2. The highest BCUT2D eigenvalue weighted by atomic mass is 15.3. The summed E-state index contributed by atoms with van der Waals surface area (Å²) in [6.45, 7) is 0. The van der Waals surface area contributed by atoms with E-state index < -0.39 is 0 Å². The molecule has 0 atom stereocenters. The Morgan fingerprint density at radius 3 is 2.07 bits per heavy atom. The molecular formula is C14H16N+. The molecule has 0 unspecified atom stereocenters. The van der Waals surface area contributed by atoms with Gasteiger partial charge in [-0.3, -0.25) is 4.48 Å². The van der Waals surface area contributed by atoms with E-state index in [0.717, 1.165) is 5.69 Å². The molecule has 1 heteroatoms. The van der Waals surface area contributed by atoms with Gasteiger partial charge in [-0.25, -0.2) is 0 Å². The van der Waals surface area contributed by atoms with Gasteiger partial charge in [0.15, 0.2) is 0 Å². The third-order valence-electron chi connectivity index (χ3n) is 2.45. The molecule has 0 bridgehead atoms. The summed E-state index contributed by atoms with van der Waals surface area (Å²) in [5.41, 5.74) is 1.12. The monoisotopic (exact) mass is 208 g/mol. The Hall–Kier alpha value is -1.60. The Kier molecular flexibility index (Phi) is 1.41. The summed E-state index contributed by atoms with van der Waals surface area (Å²) < 4.78 is 39.4. The normalized spacial score (nSPS) is 16.0. The van der Waals surface area contributed by atoms with Gasteiger partial charge in [0.2, 0.25) is 0 Å². The summed E-state index contributed by atoms with van der Waals surface area (Å²) >= 11 is 0. The number of rotatable bonds is 2. The van der Waals surface area contributed by atoms with Crippen LogP contribution >= 0.6 is 0 Å². The number of para-hydroxylation sites is 2. The molecule has 2 aromatic rings. The van der Waals surface area contributed by atoms with Gasteiger partial charge >= 0.3 is 0 Å². The third kappa shape index (κ3) is 1.92. The first kappa shape index (κ1) is 5.47. The van der Waals surface area contributed by atoms with Crippen LogP contribution in [0.5, 0.6) is 0 Å². The third-order valence-corrected chi connectivity index (χ3v) is 2.45. The lowest BCUT2D eigenvalue weighted by molar-refractivity contribution is 0.555. The van der Waals surface area contributed by atoms with Gasteiger partial charge in [-0.05, 0) is 24.2 Å². The quantitative estimate of drug-likeness (QED) is 0.662. The van der Waals surface area contributed by atoms with E-state index in [-0.39, 0.29) is 40.4 Å². The molecule has 0 saturated heterocycles. The number of hydrogen-bond donors (Lipinski definition) is 0. The predicted molar refractivity (Wildman–Crippen MR) is 66.2 cm³/mol. The summed E-state index contributed by atoms with van der Waals surface area (Å²) in [4.78, 5) is 0. The lowest BCUT2D eigenvalue weighted by Crippen LogP contribution is -2.33. The van der Waals surface area contributed by atoms with Crippen LogP contribution in [-0.4, -0.2) is 14.1 Å². The topological polar surface area (TPSA) is 0 Å². The summed E-state index contributed by atoms with van der Waals surface area (Å²) in [5.74, 6) is 0. The van der Waals surface area contributed by atoms with Crippen molar-refractivity contribution in [1.82, 2.24) is 4.48 Å². The van der Waals surface area contributed by atoms with Crippen LogP contribution in [-0.2, 0) is 0 Å². The van der Waals surface area contributed by atoms with Crippen molar-refractivity contribution in [3.05, 3.63) is 60.5 Å². The number of quaternary nitrogens is 1. The molecule has 15 heavy (non-hydrogen) atoms. The fourth-order valence-corrected chi connectivity index (χ4v) is 1.45. The summed E-state index contributed by atoms with van der Waals surface area (Å²) in [7, 11) is 3.62. The summed E-state index contributed by atoms with van der Waals surface area (Å²) in [6.07, 6.45) is 0. The molecule has 0 aliphatic rings. The molecule has 1 nitrogen and oxygen atoms in total. The molecule has 0 spiro atoms. The molecule has 0 aliphatic heterocycles. The maximum absolute atomic E-state index is 8.05. The molecule has 0 saturated carbocycles. The van der Waals surface area contributed by atoms with Gasteiger partial charge in [-0.2, -0.15) is 0 Å². The second-order valence-electron chi connectivity index (χ2n) is 3.76. The lowest BCUT2D eigenvalue weighted by atomic mass is 10.2. The highest BCUT2D eigenvalue weighted by molar-refractivity contribution is 5.56. The average Bonchev–Trinajstić information content (AvgIpc) is 2.44. The summed E-state index contributed by atoms with van der Waals surface area (Å²) in [6, 6.07) is 8.07. The van der Waals surface area contributed by atoms with Crippen molar-refractivity contribution in [1.29, 1.82) is 0 Å². The maximum atomic E-state index is 8.05. The van der Waals surface area contributed by atoms with Gasteiger partial charge in [-0.1, -0.05) is 36.3 Å². The Morgan fingerprint density at radius 2 is 1.47 bits per heavy atom. The van der Waals surface area contributed by atoms with Crippen molar-refractivity contribution in [2.45, 2.75) is 0 Å². The van der Waals surface area contributed by atoms with Crippen LogP contribution in [0.2, 0.25) is 0 Å². The van der Waals surface area contributed by atoms with Crippen molar-refractivity contribution in [2.75, 3.05) is 14.1 Å². The van der Waals surface area contributed by atoms with Crippen molar-refractivity contribution in [3.63, 3.8) is 0 Å². The molecular weight excluding hydrogens is 182 g/mol. The fraction of sp³-hybridized carbons (Fsp3) is 0.143. The van der Waals surface area contributed by atoms with Crippen LogP contribution in [0.15, 0.2) is 60.5 Å². The molecule has 0 aliphatic carbocycles. The minimum absolute atomic E-state index is 0.0938. The molecule has 0 radical (unpaired) electrons. The molecule has 0 aromatic heterocycles. The Morgan fingerprint density at radius 1 is 0.867 bits per heavy atom. The van der Waals surface area contributed by atoms with E-state index in [1.165, 1.54) is 0 Å². The van der Waals surface area contributed by atoms with Gasteiger partial charge in [0.05, 0.1) is 20.9 Å². The first-order valence-electron chi connectivity index (χ1n) is 7.25. The van der Waals surface area contributed by atoms with Crippen LogP contribution in [0.25, 0.3) is 0 Å². The van der Waals surface area contributed by atoms with Crippen LogP contribution < -0.4 is 4.48 Å². The van der Waals surface area contributed by atoms with E-state index in [1.807, 2.05) is 44.4 Å². The molecule has 2 rings (SSSR count). The van der Waals surface area contributed by atoms with Gasteiger partial charge in [0.1, 0.15) is 11.4 Å². The molecule has 0 N–H and O–H groups in total. The Bertz CT molecular complexity index is 623. The SMILES string of the molecule is [3H]c1c([3H])c([3H])c([N+](C)(C)c2ccccc2)c([3H])c1[3H]. The van der Waals surface area contributed by atoms with Crippen molar-refractivity contribution >= 4 is 11.4 Å². The smallest absolute Gasteiger partial charge is 0.137 e. The average molecular weight is 208 g/mol. The molecule has 0 heterocycles. The molecule has 2 aromatic carbocycles. The minimum Gasteiger partial charge on any atom is -0.264 e. The highest BCUT2D eigenvalue weighted by Crippen LogP contribution is 2.29. The summed E-state index contributed by atoms with van der Waals surface area (Å²) in [5, 5.41) is 0. The van der Waals surface area contributed by atoms with Gasteiger partial charge in [0, 0.05) is 0 Å². The first-order chi connectivity index (χ1) is 9.28. The molecule has 0 fully saturated rings. The zero-order valence-electron chi connectivity index (χ0n) is 13.8. The zero-order valence-corrected chi connectivity index (χ0v) is 8.83. The van der Waals surface area contributed by atoms with Crippen LogP contribution in [0.1, 0.15) is 6.85 Å². The van der Waals surface area contributed by atoms with E-state index in [4.69, 9.17) is 6.85 Å². The predicted octanol–water partition coefficient (Wildman–Crippen LogP) is 3.59. The van der Waals surface area contributed by atoms with E-state index in [2.05, 4.69) is 0 Å². The van der Waals surface area contributed by atoms with Gasteiger partial charge in [0.25, 0.3) is 0 Å². The van der Waals surface area contributed by atoms with E-state index in [0.29, 0.717) is 0 Å². The second kappa shape index (κ2) is 3.87. The zero-order chi connectivity index (χ0) is 15.1. The lowest BCUT2D eigenvalue weighted by Gasteiger charge is -2.28.